The van der Waals surface area contributed by atoms with Gasteiger partial charge in [-0.3, -0.25) is 14.5 Å². The van der Waals surface area contributed by atoms with Crippen LogP contribution in [-0.4, -0.2) is 47.5 Å². The molecule has 162 valence electrons. The Morgan fingerprint density at radius 2 is 2.06 bits per heavy atom. The molecule has 2 aromatic rings. The number of nitrogens with one attached hydrogen (secondary N) is 3. The molecule has 8 nitrogen and oxygen atoms in total. The summed E-state index contributed by atoms with van der Waals surface area (Å²) < 4.78 is 14.4. The Bertz CT molecular complexity index is 1110. The Hall–Kier alpha value is -1.59. The molecule has 0 bridgehead atoms. The maximum Gasteiger partial charge on any atom is 0.178 e. The molecular weight excluding hydrogens is 430 g/mol. The minimum atomic E-state index is -0.908. The Morgan fingerprint density at radius 3 is 2.94 bits per heavy atom. The number of hydrogen-bond donors (Lipinski definition) is 3. The first-order valence-corrected chi connectivity index (χ1v) is 13.3. The van der Waals surface area contributed by atoms with E-state index in [1.807, 2.05) is 6.20 Å². The van der Waals surface area contributed by atoms with E-state index in [-0.39, 0.29) is 11.4 Å². The van der Waals surface area contributed by atoms with Gasteiger partial charge in [0.1, 0.15) is 5.52 Å². The van der Waals surface area contributed by atoms with Gasteiger partial charge in [-0.2, -0.15) is 5.12 Å². The number of pyridine rings is 1. The summed E-state index contributed by atoms with van der Waals surface area (Å²) in [6.07, 6.45) is 10.9. The van der Waals surface area contributed by atoms with Gasteiger partial charge in [-0.1, -0.05) is 18.2 Å². The van der Waals surface area contributed by atoms with Gasteiger partial charge >= 0.3 is 0 Å². The van der Waals surface area contributed by atoms with Crippen LogP contribution in [0.3, 0.4) is 0 Å². The van der Waals surface area contributed by atoms with Crippen LogP contribution in [0.1, 0.15) is 43.7 Å². The van der Waals surface area contributed by atoms with Crippen LogP contribution >= 0.6 is 11.8 Å². The summed E-state index contributed by atoms with van der Waals surface area (Å²) in [5.41, 5.74) is 11.0. The van der Waals surface area contributed by atoms with Crippen LogP contribution < -0.4 is 16.2 Å². The second kappa shape index (κ2) is 7.21. The van der Waals surface area contributed by atoms with Crippen molar-refractivity contribution >= 4 is 33.7 Å². The van der Waals surface area contributed by atoms with Crippen LogP contribution in [0.15, 0.2) is 34.6 Å². The van der Waals surface area contributed by atoms with Crippen LogP contribution in [0.2, 0.25) is 0 Å². The highest BCUT2D eigenvalue weighted by Crippen LogP contribution is 2.55. The van der Waals surface area contributed by atoms with Crippen LogP contribution in [0.5, 0.6) is 0 Å². The summed E-state index contributed by atoms with van der Waals surface area (Å²) in [6.45, 7) is 0.984. The van der Waals surface area contributed by atoms with Crippen LogP contribution in [0, 0.1) is 11.8 Å². The minimum Gasteiger partial charge on any atom is -0.307 e. The summed E-state index contributed by atoms with van der Waals surface area (Å²) in [5.74, 6) is 0.887. The smallest absolute Gasteiger partial charge is 0.178 e. The average Bonchev–Trinajstić information content (AvgIpc) is 3.38. The standard InChI is InChI=1S/C21H25N7OS2/c29-31(12-2-1-3-12)21-18-17-13(16-4-5-25-28(16)27-18)9-14(26-20(17)30-21)11-8-15-19(24-10-11)23-7-6-22-15/h6-8,10,12-14,16-17,20,25-27H,1-5,9H2. The van der Waals surface area contributed by atoms with Crippen molar-refractivity contribution in [3.05, 3.63) is 40.2 Å². The fourth-order valence-corrected chi connectivity index (χ4v) is 9.56. The number of piperidine rings is 1. The molecule has 7 rings (SSSR count). The third-order valence-electron chi connectivity index (χ3n) is 7.52. The van der Waals surface area contributed by atoms with Gasteiger partial charge < -0.3 is 5.43 Å². The molecule has 1 aliphatic carbocycles. The summed E-state index contributed by atoms with van der Waals surface area (Å²) >= 11 is 1.80. The number of aromatic nitrogens is 3. The van der Waals surface area contributed by atoms with E-state index in [1.165, 1.54) is 17.7 Å². The lowest BCUT2D eigenvalue weighted by Gasteiger charge is -2.48. The van der Waals surface area contributed by atoms with Crippen molar-refractivity contribution in [3.63, 3.8) is 0 Å². The largest absolute Gasteiger partial charge is 0.307 e. The van der Waals surface area contributed by atoms with Gasteiger partial charge in [-0.25, -0.2) is 15.4 Å². The molecule has 0 aromatic carbocycles. The lowest BCUT2D eigenvalue weighted by molar-refractivity contribution is 0.00560. The number of hydrazine groups is 2. The number of thioether (sulfide) groups is 1. The van der Waals surface area contributed by atoms with Gasteiger partial charge in [-0.05, 0) is 43.2 Å². The molecular formula is C21H25N7OS2. The van der Waals surface area contributed by atoms with E-state index >= 15 is 0 Å². The van der Waals surface area contributed by atoms with E-state index < -0.39 is 10.8 Å². The van der Waals surface area contributed by atoms with Crippen molar-refractivity contribution in [2.45, 2.75) is 54.8 Å². The molecule has 1 saturated carbocycles. The molecule has 4 aliphatic heterocycles. The van der Waals surface area contributed by atoms with E-state index in [0.29, 0.717) is 28.8 Å². The van der Waals surface area contributed by atoms with Crippen molar-refractivity contribution < 1.29 is 4.21 Å². The highest BCUT2D eigenvalue weighted by Gasteiger charge is 2.55. The molecule has 10 heteroatoms. The minimum absolute atomic E-state index is 0.205. The maximum absolute atomic E-state index is 13.4. The molecule has 3 saturated heterocycles. The van der Waals surface area contributed by atoms with Crippen molar-refractivity contribution in [1.29, 1.82) is 0 Å². The SMILES string of the molecule is O=S(C1=C2NN3NCCC3C3CC(c4cnc5nccnc5c4)NC(S1)C23)C1CCC1. The van der Waals surface area contributed by atoms with Crippen LogP contribution in [0.4, 0.5) is 0 Å². The molecule has 0 spiro atoms. The number of nitrogens with zero attached hydrogens (tertiary/aromatic N) is 4. The second-order valence-electron chi connectivity index (χ2n) is 9.15. The Kier molecular flexibility index (Phi) is 4.40. The number of fused-ring (bicyclic) bond motifs is 3. The van der Waals surface area contributed by atoms with E-state index in [0.717, 1.165) is 42.0 Å². The summed E-state index contributed by atoms with van der Waals surface area (Å²) in [4.78, 5) is 13.3. The Labute approximate surface area is 187 Å². The first kappa shape index (κ1) is 18.9. The molecule has 6 heterocycles. The lowest BCUT2D eigenvalue weighted by atomic mass is 9.74. The molecule has 4 fully saturated rings. The first-order valence-electron chi connectivity index (χ1n) is 11.2. The number of rotatable bonds is 3. The molecule has 5 aliphatic rings. The van der Waals surface area contributed by atoms with Gasteiger partial charge in [-0.15, -0.1) is 0 Å². The van der Waals surface area contributed by atoms with Gasteiger partial charge in [0.15, 0.2) is 5.65 Å². The average molecular weight is 456 g/mol. The zero-order chi connectivity index (χ0) is 20.5. The van der Waals surface area contributed by atoms with E-state index in [2.05, 4.69) is 42.3 Å². The fraction of sp³-hybridized carbons (Fsp3) is 0.571. The van der Waals surface area contributed by atoms with Gasteiger partial charge in [0.25, 0.3) is 0 Å². The summed E-state index contributed by atoms with van der Waals surface area (Å²) in [7, 11) is -0.908. The molecule has 0 radical (unpaired) electrons. The van der Waals surface area contributed by atoms with Gasteiger partial charge in [0, 0.05) is 48.4 Å². The highest BCUT2D eigenvalue weighted by atomic mass is 32.2. The third kappa shape index (κ3) is 2.92. The first-order chi connectivity index (χ1) is 15.3. The Balaban J connectivity index is 1.25. The molecule has 6 unspecified atom stereocenters. The molecule has 3 N–H and O–H groups in total. The van der Waals surface area contributed by atoms with Crippen molar-refractivity contribution in [3.8, 4) is 0 Å². The normalized spacial score (nSPS) is 36.1. The monoisotopic (exact) mass is 455 g/mol. The van der Waals surface area contributed by atoms with Crippen molar-refractivity contribution in [2.75, 3.05) is 6.54 Å². The second-order valence-corrected chi connectivity index (χ2v) is 12.2. The van der Waals surface area contributed by atoms with Gasteiger partial charge in [0.05, 0.1) is 26.1 Å². The molecule has 31 heavy (non-hydrogen) atoms. The number of hydrogen-bond acceptors (Lipinski definition) is 9. The predicted molar refractivity (Wildman–Crippen MR) is 120 cm³/mol. The maximum atomic E-state index is 13.4. The Morgan fingerprint density at radius 1 is 1.16 bits per heavy atom. The van der Waals surface area contributed by atoms with Crippen LogP contribution in [-0.2, 0) is 10.8 Å². The predicted octanol–water partition coefficient (Wildman–Crippen LogP) is 1.93. The summed E-state index contributed by atoms with van der Waals surface area (Å²) in [6, 6.07) is 2.78. The molecule has 2 aromatic heterocycles. The zero-order valence-corrected chi connectivity index (χ0v) is 18.7. The molecule has 0 amide bonds. The van der Waals surface area contributed by atoms with Gasteiger partial charge in [0.2, 0.25) is 0 Å². The van der Waals surface area contributed by atoms with E-state index in [9.17, 15) is 4.21 Å². The quantitative estimate of drug-likeness (QED) is 0.642. The van der Waals surface area contributed by atoms with Crippen molar-refractivity contribution in [2.24, 2.45) is 11.8 Å². The van der Waals surface area contributed by atoms with Crippen LogP contribution in [0.25, 0.3) is 11.2 Å². The molecule has 6 atom stereocenters. The van der Waals surface area contributed by atoms with E-state index in [1.54, 1.807) is 24.2 Å². The fourth-order valence-electron chi connectivity index (χ4n) is 5.74. The lowest BCUT2D eigenvalue weighted by Crippen LogP contribution is -2.61. The van der Waals surface area contributed by atoms with Crippen molar-refractivity contribution in [1.82, 2.24) is 36.2 Å². The highest BCUT2D eigenvalue weighted by molar-refractivity contribution is 8.17. The summed E-state index contributed by atoms with van der Waals surface area (Å²) in [5, 5.41) is 6.66. The topological polar surface area (TPSA) is 95.1 Å². The van der Waals surface area contributed by atoms with E-state index in [4.69, 9.17) is 0 Å². The zero-order valence-electron chi connectivity index (χ0n) is 17.0. The third-order valence-corrected chi connectivity index (χ3v) is 11.1.